The lowest BCUT2D eigenvalue weighted by atomic mass is 9.89. The van der Waals surface area contributed by atoms with Gasteiger partial charge in [-0.3, -0.25) is 4.99 Å². The Bertz CT molecular complexity index is 475. The zero-order valence-electron chi connectivity index (χ0n) is 14.6. The molecule has 1 aliphatic carbocycles. The van der Waals surface area contributed by atoms with Crippen molar-refractivity contribution >= 4 is 11.6 Å². The van der Waals surface area contributed by atoms with Crippen LogP contribution in [-0.2, 0) is 0 Å². The highest BCUT2D eigenvalue weighted by Crippen LogP contribution is 2.22. The van der Waals surface area contributed by atoms with Crippen LogP contribution in [0.25, 0.3) is 0 Å². The number of para-hydroxylation sites is 1. The Morgan fingerprint density at radius 1 is 1.17 bits per heavy atom. The molecule has 2 rings (SSSR count). The summed E-state index contributed by atoms with van der Waals surface area (Å²) >= 11 is 0. The molecule has 4 N–H and O–H groups in total. The second-order valence-corrected chi connectivity index (χ2v) is 7.41. The highest BCUT2D eigenvalue weighted by atomic mass is 15.2. The van der Waals surface area contributed by atoms with Crippen molar-refractivity contribution < 1.29 is 0 Å². The van der Waals surface area contributed by atoms with Gasteiger partial charge in [-0.05, 0) is 42.9 Å². The van der Waals surface area contributed by atoms with Crippen molar-refractivity contribution in [1.82, 2.24) is 5.32 Å². The predicted molar refractivity (Wildman–Crippen MR) is 99.8 cm³/mol. The van der Waals surface area contributed by atoms with Crippen molar-refractivity contribution in [3.63, 3.8) is 0 Å². The Kier molecular flexibility index (Phi) is 6.90. The molecule has 0 unspecified atom stereocenters. The Balaban J connectivity index is 1.96. The summed E-state index contributed by atoms with van der Waals surface area (Å²) in [5.41, 5.74) is 6.91. The Hall–Kier alpha value is -1.55. The summed E-state index contributed by atoms with van der Waals surface area (Å²) in [6, 6.07) is 10.2. The second kappa shape index (κ2) is 8.92. The van der Waals surface area contributed by atoms with Gasteiger partial charge in [-0.1, -0.05) is 51.3 Å². The van der Waals surface area contributed by atoms with Gasteiger partial charge in [-0.25, -0.2) is 0 Å². The molecule has 1 saturated carbocycles. The van der Waals surface area contributed by atoms with Crippen LogP contribution in [0.4, 0.5) is 5.69 Å². The molecule has 0 heterocycles. The molecular formula is C19H32N4. The van der Waals surface area contributed by atoms with Crippen molar-refractivity contribution in [1.29, 1.82) is 0 Å². The summed E-state index contributed by atoms with van der Waals surface area (Å²) in [6.45, 7) is 6.66. The van der Waals surface area contributed by atoms with Crippen LogP contribution in [-0.4, -0.2) is 25.6 Å². The molecule has 23 heavy (non-hydrogen) atoms. The Morgan fingerprint density at radius 3 is 2.52 bits per heavy atom. The number of nitrogens with two attached hydrogens (primary N) is 1. The molecule has 0 amide bonds. The first kappa shape index (κ1) is 17.8. The maximum Gasteiger partial charge on any atom is 0.195 e. The third-order valence-corrected chi connectivity index (χ3v) is 4.54. The summed E-state index contributed by atoms with van der Waals surface area (Å²) < 4.78 is 0. The number of aliphatic imine (C=N–C) groups is 1. The number of rotatable bonds is 6. The number of hydrogen-bond donors (Lipinski definition) is 3. The first-order valence-electron chi connectivity index (χ1n) is 8.89. The monoisotopic (exact) mass is 316 g/mol. The van der Waals surface area contributed by atoms with E-state index in [2.05, 4.69) is 36.6 Å². The van der Waals surface area contributed by atoms with Gasteiger partial charge in [0.05, 0.1) is 0 Å². The van der Waals surface area contributed by atoms with E-state index in [1.165, 1.54) is 32.1 Å². The molecule has 1 fully saturated rings. The van der Waals surface area contributed by atoms with Gasteiger partial charge in [-0.15, -0.1) is 0 Å². The molecule has 0 bridgehead atoms. The highest BCUT2D eigenvalue weighted by molar-refractivity contribution is 5.93. The summed E-state index contributed by atoms with van der Waals surface area (Å²) in [7, 11) is 0. The van der Waals surface area contributed by atoms with E-state index in [4.69, 9.17) is 10.7 Å². The maximum atomic E-state index is 5.83. The van der Waals surface area contributed by atoms with E-state index in [-0.39, 0.29) is 5.41 Å². The molecule has 128 valence electrons. The molecule has 0 aromatic heterocycles. The largest absolute Gasteiger partial charge is 0.356 e. The second-order valence-electron chi connectivity index (χ2n) is 7.41. The molecule has 0 atom stereocenters. The van der Waals surface area contributed by atoms with Crippen LogP contribution in [0, 0.1) is 11.3 Å². The molecule has 0 radical (unpaired) electrons. The molecule has 1 aromatic carbocycles. The van der Waals surface area contributed by atoms with Crippen LogP contribution >= 0.6 is 0 Å². The molecule has 0 saturated heterocycles. The number of nitrogens with one attached hydrogen (secondary N) is 2. The smallest absolute Gasteiger partial charge is 0.195 e. The molecule has 0 aliphatic heterocycles. The molecule has 0 spiro atoms. The summed E-state index contributed by atoms with van der Waals surface area (Å²) in [5.74, 6) is 1.64. The lowest BCUT2D eigenvalue weighted by Crippen LogP contribution is -2.37. The van der Waals surface area contributed by atoms with E-state index < -0.39 is 0 Å². The Labute approximate surface area is 141 Å². The summed E-state index contributed by atoms with van der Waals surface area (Å²) in [4.78, 5) is 4.76. The van der Waals surface area contributed by atoms with Crippen molar-refractivity contribution in [3.8, 4) is 0 Å². The molecular weight excluding hydrogens is 284 g/mol. The Morgan fingerprint density at radius 2 is 1.87 bits per heavy atom. The number of nitrogens with zero attached hydrogens (tertiary/aromatic N) is 1. The van der Waals surface area contributed by atoms with Crippen LogP contribution in [0.5, 0.6) is 0 Å². The van der Waals surface area contributed by atoms with E-state index in [1.54, 1.807) is 0 Å². The third-order valence-electron chi connectivity index (χ3n) is 4.54. The lowest BCUT2D eigenvalue weighted by molar-refractivity contribution is 0.356. The van der Waals surface area contributed by atoms with Crippen molar-refractivity contribution in [3.05, 3.63) is 30.3 Å². The van der Waals surface area contributed by atoms with Crippen LogP contribution in [0.1, 0.15) is 46.0 Å². The van der Waals surface area contributed by atoms with Gasteiger partial charge in [0.1, 0.15) is 0 Å². The van der Waals surface area contributed by atoms with Gasteiger partial charge >= 0.3 is 0 Å². The van der Waals surface area contributed by atoms with E-state index in [1.807, 2.05) is 18.2 Å². The third kappa shape index (κ3) is 6.61. The van der Waals surface area contributed by atoms with Gasteiger partial charge in [-0.2, -0.15) is 0 Å². The van der Waals surface area contributed by atoms with E-state index in [0.717, 1.165) is 30.7 Å². The number of hydrogen-bond acceptors (Lipinski definition) is 2. The van der Waals surface area contributed by atoms with E-state index in [9.17, 15) is 0 Å². The highest BCUT2D eigenvalue weighted by Gasteiger charge is 2.16. The first-order valence-corrected chi connectivity index (χ1v) is 8.89. The molecule has 1 aliphatic rings. The lowest BCUT2D eigenvalue weighted by Gasteiger charge is -2.24. The molecule has 1 aromatic rings. The minimum Gasteiger partial charge on any atom is -0.356 e. The van der Waals surface area contributed by atoms with Gasteiger partial charge < -0.3 is 16.4 Å². The summed E-state index contributed by atoms with van der Waals surface area (Å²) in [6.07, 6.45) is 6.79. The van der Waals surface area contributed by atoms with Crippen LogP contribution in [0.3, 0.4) is 0 Å². The topological polar surface area (TPSA) is 62.4 Å². The number of anilines is 1. The SMILES string of the molecule is CC(C)(CN)CN=C(NCC1CCCCC1)Nc1ccccc1. The molecule has 4 nitrogen and oxygen atoms in total. The number of benzene rings is 1. The van der Waals surface area contributed by atoms with Crippen molar-refractivity contribution in [2.75, 3.05) is 25.0 Å². The van der Waals surface area contributed by atoms with Crippen LogP contribution in [0.15, 0.2) is 35.3 Å². The van der Waals surface area contributed by atoms with E-state index >= 15 is 0 Å². The fourth-order valence-electron chi connectivity index (χ4n) is 2.79. The van der Waals surface area contributed by atoms with Gasteiger partial charge in [0.15, 0.2) is 5.96 Å². The average molecular weight is 316 g/mol. The fraction of sp³-hybridized carbons (Fsp3) is 0.632. The van der Waals surface area contributed by atoms with Gasteiger partial charge in [0.2, 0.25) is 0 Å². The zero-order chi connectivity index (χ0) is 16.5. The fourth-order valence-corrected chi connectivity index (χ4v) is 2.79. The minimum absolute atomic E-state index is 0.0239. The number of guanidine groups is 1. The summed E-state index contributed by atoms with van der Waals surface area (Å²) in [5, 5.41) is 6.95. The predicted octanol–water partition coefficient (Wildman–Crippen LogP) is 3.61. The van der Waals surface area contributed by atoms with Crippen molar-refractivity contribution in [2.45, 2.75) is 46.0 Å². The normalized spacial score (nSPS) is 17.1. The van der Waals surface area contributed by atoms with E-state index in [0.29, 0.717) is 6.54 Å². The standard InChI is InChI=1S/C19H32N4/c1-19(2,14-20)15-22-18(23-17-11-7-4-8-12-17)21-13-16-9-5-3-6-10-16/h4,7-8,11-12,16H,3,5-6,9-10,13-15,20H2,1-2H3,(H2,21,22,23). The average Bonchev–Trinajstić information content (AvgIpc) is 2.59. The first-order chi connectivity index (χ1) is 11.1. The zero-order valence-corrected chi connectivity index (χ0v) is 14.6. The van der Waals surface area contributed by atoms with Crippen LogP contribution < -0.4 is 16.4 Å². The maximum absolute atomic E-state index is 5.83. The van der Waals surface area contributed by atoms with Gasteiger partial charge in [0, 0.05) is 18.8 Å². The van der Waals surface area contributed by atoms with Crippen LogP contribution in [0.2, 0.25) is 0 Å². The minimum atomic E-state index is 0.0239. The molecule has 4 heteroatoms. The quantitative estimate of drug-likeness (QED) is 0.555. The van der Waals surface area contributed by atoms with Crippen molar-refractivity contribution in [2.24, 2.45) is 22.1 Å². The van der Waals surface area contributed by atoms with Gasteiger partial charge in [0.25, 0.3) is 0 Å².